The molecule has 0 aliphatic carbocycles. The summed E-state index contributed by atoms with van der Waals surface area (Å²) in [5.74, 6) is 0.845. The van der Waals surface area contributed by atoms with E-state index in [-0.39, 0.29) is 6.67 Å². The Morgan fingerprint density at radius 2 is 1.92 bits per heavy atom. The second kappa shape index (κ2) is 5.00. The van der Waals surface area contributed by atoms with Crippen LogP contribution in [0, 0.1) is 12.0 Å². The molecule has 71 valence electrons. The van der Waals surface area contributed by atoms with Gasteiger partial charge in [0, 0.05) is 0 Å². The highest BCUT2D eigenvalue weighted by Crippen LogP contribution is 2.25. The standard InChI is InChI=1S/C12H16F/c1-10(8-9-13)11(2)12-6-4-3-5-7-12/h4-7,10-11H,8-9H2,1-2H3. The van der Waals surface area contributed by atoms with Gasteiger partial charge in [0.05, 0.1) is 6.67 Å². The lowest BCUT2D eigenvalue weighted by atomic mass is 9.87. The number of hydrogen-bond donors (Lipinski definition) is 0. The third-order valence-corrected chi connectivity index (χ3v) is 2.69. The molecule has 13 heavy (non-hydrogen) atoms. The van der Waals surface area contributed by atoms with E-state index in [0.29, 0.717) is 18.3 Å². The highest BCUT2D eigenvalue weighted by molar-refractivity contribution is 5.18. The number of hydrogen-bond acceptors (Lipinski definition) is 0. The zero-order chi connectivity index (χ0) is 9.68. The molecule has 0 heterocycles. The first-order chi connectivity index (χ1) is 6.25. The van der Waals surface area contributed by atoms with E-state index >= 15 is 0 Å². The van der Waals surface area contributed by atoms with Crippen LogP contribution in [-0.2, 0) is 0 Å². The Morgan fingerprint density at radius 3 is 2.46 bits per heavy atom. The molecule has 0 aromatic heterocycles. The maximum absolute atomic E-state index is 12.1. The van der Waals surface area contributed by atoms with Crippen molar-refractivity contribution >= 4 is 0 Å². The summed E-state index contributed by atoms with van der Waals surface area (Å²) in [6.07, 6.45) is 0.653. The Bertz CT molecular complexity index is 230. The van der Waals surface area contributed by atoms with E-state index in [9.17, 15) is 4.39 Å². The van der Waals surface area contributed by atoms with Gasteiger partial charge in [-0.3, -0.25) is 4.39 Å². The van der Waals surface area contributed by atoms with E-state index in [0.717, 1.165) is 0 Å². The SMILES string of the molecule is CC(CCF)C(C)c1cc[c]cc1. The van der Waals surface area contributed by atoms with Crippen LogP contribution < -0.4 is 0 Å². The van der Waals surface area contributed by atoms with Gasteiger partial charge in [-0.05, 0) is 29.9 Å². The van der Waals surface area contributed by atoms with Crippen molar-refractivity contribution in [3.05, 3.63) is 35.9 Å². The molecule has 2 unspecified atom stereocenters. The third-order valence-electron chi connectivity index (χ3n) is 2.69. The monoisotopic (exact) mass is 179 g/mol. The van der Waals surface area contributed by atoms with Crippen molar-refractivity contribution in [2.24, 2.45) is 5.92 Å². The van der Waals surface area contributed by atoms with Gasteiger partial charge in [0.25, 0.3) is 0 Å². The summed E-state index contributed by atoms with van der Waals surface area (Å²) in [5.41, 5.74) is 1.28. The quantitative estimate of drug-likeness (QED) is 0.662. The van der Waals surface area contributed by atoms with Gasteiger partial charge in [0.2, 0.25) is 0 Å². The third kappa shape index (κ3) is 2.83. The number of benzene rings is 1. The van der Waals surface area contributed by atoms with E-state index in [4.69, 9.17) is 0 Å². The van der Waals surface area contributed by atoms with Crippen LogP contribution in [0.5, 0.6) is 0 Å². The minimum Gasteiger partial charge on any atom is -0.251 e. The molecule has 1 radical (unpaired) electrons. The zero-order valence-corrected chi connectivity index (χ0v) is 8.26. The van der Waals surface area contributed by atoms with Gasteiger partial charge in [-0.2, -0.15) is 0 Å². The van der Waals surface area contributed by atoms with Crippen molar-refractivity contribution in [3.8, 4) is 0 Å². The van der Waals surface area contributed by atoms with Gasteiger partial charge in [0.15, 0.2) is 0 Å². The minimum atomic E-state index is -0.218. The molecule has 0 fully saturated rings. The Labute approximate surface area is 79.8 Å². The molecule has 1 aromatic rings. The first-order valence-corrected chi connectivity index (χ1v) is 4.77. The van der Waals surface area contributed by atoms with Crippen LogP contribution in [0.25, 0.3) is 0 Å². The van der Waals surface area contributed by atoms with Gasteiger partial charge in [0.1, 0.15) is 0 Å². The molecule has 0 aliphatic heterocycles. The van der Waals surface area contributed by atoms with E-state index in [1.54, 1.807) is 0 Å². The molecule has 1 aromatic carbocycles. The summed E-state index contributed by atoms with van der Waals surface area (Å²) in [5, 5.41) is 0. The van der Waals surface area contributed by atoms with Crippen LogP contribution in [-0.4, -0.2) is 6.67 Å². The molecule has 0 aliphatic rings. The maximum atomic E-state index is 12.1. The van der Waals surface area contributed by atoms with Crippen molar-refractivity contribution in [1.82, 2.24) is 0 Å². The van der Waals surface area contributed by atoms with Gasteiger partial charge in [-0.1, -0.05) is 38.1 Å². The summed E-state index contributed by atoms with van der Waals surface area (Å²) in [6.45, 7) is 4.03. The molecular weight excluding hydrogens is 163 g/mol. The smallest absolute Gasteiger partial charge is 0.0897 e. The Morgan fingerprint density at radius 1 is 1.31 bits per heavy atom. The Balaban J connectivity index is 2.62. The molecule has 0 saturated heterocycles. The summed E-state index contributed by atoms with van der Waals surface area (Å²) < 4.78 is 12.1. The van der Waals surface area contributed by atoms with Crippen LogP contribution in [0.2, 0.25) is 0 Å². The highest BCUT2D eigenvalue weighted by Gasteiger charge is 2.13. The molecule has 0 saturated carbocycles. The van der Waals surface area contributed by atoms with E-state index in [1.165, 1.54) is 5.56 Å². The lowest BCUT2D eigenvalue weighted by molar-refractivity contribution is 0.371. The van der Waals surface area contributed by atoms with Crippen molar-refractivity contribution in [3.63, 3.8) is 0 Å². The fourth-order valence-corrected chi connectivity index (χ4v) is 1.45. The average Bonchev–Trinajstić information content (AvgIpc) is 2.18. The lowest BCUT2D eigenvalue weighted by Gasteiger charge is -2.18. The average molecular weight is 179 g/mol. The molecule has 1 rings (SSSR count). The molecule has 0 spiro atoms. The number of halogens is 1. The summed E-state index contributed by atoms with van der Waals surface area (Å²) in [4.78, 5) is 0. The molecule has 0 bridgehead atoms. The van der Waals surface area contributed by atoms with Crippen molar-refractivity contribution < 1.29 is 4.39 Å². The van der Waals surface area contributed by atoms with Crippen LogP contribution >= 0.6 is 0 Å². The second-order valence-corrected chi connectivity index (χ2v) is 3.58. The zero-order valence-electron chi connectivity index (χ0n) is 8.26. The van der Waals surface area contributed by atoms with Crippen LogP contribution in [0.15, 0.2) is 24.3 Å². The maximum Gasteiger partial charge on any atom is 0.0897 e. The second-order valence-electron chi connectivity index (χ2n) is 3.58. The predicted octanol–water partition coefficient (Wildman–Crippen LogP) is 3.59. The molecule has 1 heteroatoms. The summed E-state index contributed by atoms with van der Waals surface area (Å²) in [6, 6.07) is 10.9. The molecule has 2 atom stereocenters. The van der Waals surface area contributed by atoms with Gasteiger partial charge < -0.3 is 0 Å². The molecule has 0 nitrogen and oxygen atoms in total. The minimum absolute atomic E-state index is 0.218. The predicted molar refractivity (Wildman–Crippen MR) is 53.4 cm³/mol. The van der Waals surface area contributed by atoms with E-state index in [2.05, 4.69) is 32.0 Å². The van der Waals surface area contributed by atoms with Crippen molar-refractivity contribution in [2.45, 2.75) is 26.2 Å². The summed E-state index contributed by atoms with van der Waals surface area (Å²) >= 11 is 0. The van der Waals surface area contributed by atoms with Gasteiger partial charge in [-0.15, -0.1) is 0 Å². The van der Waals surface area contributed by atoms with Crippen molar-refractivity contribution in [1.29, 1.82) is 0 Å². The highest BCUT2D eigenvalue weighted by atomic mass is 19.1. The normalized spacial score (nSPS) is 15.3. The van der Waals surface area contributed by atoms with Crippen LogP contribution in [0.3, 0.4) is 0 Å². The summed E-state index contributed by atoms with van der Waals surface area (Å²) in [7, 11) is 0. The fourth-order valence-electron chi connectivity index (χ4n) is 1.45. The Hall–Kier alpha value is -0.850. The van der Waals surface area contributed by atoms with Crippen LogP contribution in [0.1, 0.15) is 31.7 Å². The van der Waals surface area contributed by atoms with E-state index < -0.39 is 0 Å². The number of rotatable bonds is 4. The first kappa shape index (κ1) is 10.2. The number of alkyl halides is 1. The largest absolute Gasteiger partial charge is 0.251 e. The van der Waals surface area contributed by atoms with Gasteiger partial charge >= 0.3 is 0 Å². The van der Waals surface area contributed by atoms with Crippen LogP contribution in [0.4, 0.5) is 4.39 Å². The van der Waals surface area contributed by atoms with Gasteiger partial charge in [-0.25, -0.2) is 0 Å². The van der Waals surface area contributed by atoms with E-state index in [1.807, 2.05) is 12.1 Å². The molecular formula is C12H16F. The Kier molecular flexibility index (Phi) is 3.94. The lowest BCUT2D eigenvalue weighted by Crippen LogP contribution is -2.06. The first-order valence-electron chi connectivity index (χ1n) is 4.77. The van der Waals surface area contributed by atoms with Crippen molar-refractivity contribution in [2.75, 3.05) is 6.67 Å². The molecule has 0 amide bonds. The molecule has 0 N–H and O–H groups in total. The fraction of sp³-hybridized carbons (Fsp3) is 0.500. The topological polar surface area (TPSA) is 0 Å².